The van der Waals surface area contributed by atoms with E-state index in [0.29, 0.717) is 6.61 Å². The molecular formula is C26H29N3O2S. The van der Waals surface area contributed by atoms with Crippen LogP contribution < -0.4 is 0 Å². The maximum Gasteiger partial charge on any atom is 0.170 e. The van der Waals surface area contributed by atoms with Crippen molar-refractivity contribution in [1.29, 1.82) is 5.26 Å². The fourth-order valence-electron chi connectivity index (χ4n) is 5.00. The summed E-state index contributed by atoms with van der Waals surface area (Å²) in [7, 11) is 0. The van der Waals surface area contributed by atoms with Crippen molar-refractivity contribution in [2.24, 2.45) is 5.92 Å². The second-order valence-corrected chi connectivity index (χ2v) is 10.1. The molecule has 1 saturated heterocycles. The van der Waals surface area contributed by atoms with Crippen LogP contribution >= 0.6 is 11.3 Å². The van der Waals surface area contributed by atoms with Gasteiger partial charge in [0.05, 0.1) is 18.9 Å². The van der Waals surface area contributed by atoms with Gasteiger partial charge in [0.1, 0.15) is 10.9 Å². The summed E-state index contributed by atoms with van der Waals surface area (Å²) in [6.45, 7) is 6.86. The Morgan fingerprint density at radius 1 is 1.22 bits per heavy atom. The molecule has 5 nitrogen and oxygen atoms in total. The summed E-state index contributed by atoms with van der Waals surface area (Å²) in [6, 6.07) is 10.7. The Morgan fingerprint density at radius 2 is 2.09 bits per heavy atom. The smallest absolute Gasteiger partial charge is 0.170 e. The van der Waals surface area contributed by atoms with Crippen LogP contribution in [-0.4, -0.2) is 36.4 Å². The van der Waals surface area contributed by atoms with Gasteiger partial charge in [0.25, 0.3) is 0 Å². The van der Waals surface area contributed by atoms with Crippen LogP contribution in [0.5, 0.6) is 0 Å². The minimum absolute atomic E-state index is 0.696. The zero-order valence-corrected chi connectivity index (χ0v) is 19.4. The number of piperidine rings is 1. The van der Waals surface area contributed by atoms with Crippen molar-refractivity contribution < 1.29 is 9.26 Å². The molecule has 0 N–H and O–H groups in total. The van der Waals surface area contributed by atoms with Crippen molar-refractivity contribution in [2.45, 2.75) is 45.6 Å². The molecule has 2 aliphatic heterocycles. The third-order valence-corrected chi connectivity index (χ3v) is 7.90. The van der Waals surface area contributed by atoms with Gasteiger partial charge in [0.2, 0.25) is 0 Å². The fourth-order valence-corrected chi connectivity index (χ4v) is 5.85. The van der Waals surface area contributed by atoms with Crippen LogP contribution in [0.25, 0.3) is 16.5 Å². The number of nitriles is 1. The normalized spacial score (nSPS) is 18.1. The summed E-state index contributed by atoms with van der Waals surface area (Å²) < 4.78 is 11.3. The van der Waals surface area contributed by atoms with E-state index in [1.807, 2.05) is 6.07 Å². The molecule has 1 fully saturated rings. The zero-order valence-electron chi connectivity index (χ0n) is 18.6. The maximum atomic E-state index is 9.01. The lowest BCUT2D eigenvalue weighted by Gasteiger charge is -2.31. The Labute approximate surface area is 193 Å². The molecule has 0 spiro atoms. The number of hydrogen-bond acceptors (Lipinski definition) is 6. The van der Waals surface area contributed by atoms with Crippen LogP contribution in [0.1, 0.15) is 52.3 Å². The topological polar surface area (TPSA) is 62.3 Å². The number of thiophene rings is 1. The summed E-state index contributed by atoms with van der Waals surface area (Å²) in [5.41, 5.74) is 5.85. The first-order valence-electron chi connectivity index (χ1n) is 11.6. The molecule has 0 radical (unpaired) electrons. The van der Waals surface area contributed by atoms with E-state index in [1.54, 1.807) is 11.3 Å². The lowest BCUT2D eigenvalue weighted by atomic mass is 9.90. The number of ether oxygens (including phenoxy) is 1. The number of hydrogen-bond donors (Lipinski definition) is 0. The highest BCUT2D eigenvalue weighted by molar-refractivity contribution is 7.12. The van der Waals surface area contributed by atoms with Crippen molar-refractivity contribution in [3.8, 4) is 6.07 Å². The van der Waals surface area contributed by atoms with Crippen LogP contribution in [0.3, 0.4) is 0 Å². The lowest BCUT2D eigenvalue weighted by molar-refractivity contribution is 0.161. The molecule has 0 unspecified atom stereocenters. The average molecular weight is 448 g/mol. The third kappa shape index (κ3) is 4.52. The van der Waals surface area contributed by atoms with Gasteiger partial charge in [-0.25, -0.2) is 0 Å². The summed E-state index contributed by atoms with van der Waals surface area (Å²) in [5, 5.41) is 14.6. The molecule has 0 saturated carbocycles. The van der Waals surface area contributed by atoms with E-state index < -0.39 is 0 Å². The molecule has 0 bridgehead atoms. The van der Waals surface area contributed by atoms with Gasteiger partial charge >= 0.3 is 0 Å². The van der Waals surface area contributed by atoms with E-state index in [-0.39, 0.29) is 0 Å². The standard InChI is InChI=1S/C26H29N3O2S/c1-18-23(20-10-14-30-15-11-20)5-6-24-25(28-31-26(18)24)7-2-19-8-12-29(13-9-19)17-22-4-3-21(16-27)32-22/h3-6,10,19H,2,7-9,11-15,17H2,1H3. The highest BCUT2D eigenvalue weighted by atomic mass is 32.1. The van der Waals surface area contributed by atoms with Gasteiger partial charge in [-0.3, -0.25) is 4.90 Å². The quantitative estimate of drug-likeness (QED) is 0.484. The summed E-state index contributed by atoms with van der Waals surface area (Å²) in [6.07, 6.45) is 7.73. The van der Waals surface area contributed by atoms with Gasteiger partial charge in [0, 0.05) is 22.4 Å². The van der Waals surface area contributed by atoms with Gasteiger partial charge in [0.15, 0.2) is 5.58 Å². The highest BCUT2D eigenvalue weighted by Gasteiger charge is 2.21. The highest BCUT2D eigenvalue weighted by Crippen LogP contribution is 2.32. The number of aromatic nitrogens is 1. The van der Waals surface area contributed by atoms with E-state index >= 15 is 0 Å². The van der Waals surface area contributed by atoms with E-state index in [0.717, 1.165) is 67.6 Å². The summed E-state index contributed by atoms with van der Waals surface area (Å²) in [5.74, 6) is 0.740. The minimum atomic E-state index is 0.696. The number of likely N-dealkylation sites (tertiary alicyclic amines) is 1. The Bertz CT molecular complexity index is 1160. The zero-order chi connectivity index (χ0) is 21.9. The monoisotopic (exact) mass is 447 g/mol. The van der Waals surface area contributed by atoms with Gasteiger partial charge in [-0.15, -0.1) is 11.3 Å². The molecule has 3 aromatic rings. The van der Waals surface area contributed by atoms with E-state index in [2.05, 4.69) is 47.3 Å². The van der Waals surface area contributed by atoms with Crippen molar-refractivity contribution in [3.63, 3.8) is 0 Å². The van der Waals surface area contributed by atoms with Crippen LogP contribution in [0, 0.1) is 24.2 Å². The first-order valence-corrected chi connectivity index (χ1v) is 12.4. The molecule has 166 valence electrons. The molecular weight excluding hydrogens is 418 g/mol. The first kappa shape index (κ1) is 21.4. The molecule has 2 aliphatic rings. The SMILES string of the molecule is Cc1c(C2=CCOCC2)ccc2c(CCC3CCN(Cc4ccc(C#N)s4)CC3)noc12. The van der Waals surface area contributed by atoms with Crippen molar-refractivity contribution in [2.75, 3.05) is 26.3 Å². The summed E-state index contributed by atoms with van der Waals surface area (Å²) >= 11 is 1.62. The summed E-state index contributed by atoms with van der Waals surface area (Å²) in [4.78, 5) is 4.62. The molecule has 0 amide bonds. The molecule has 0 aliphatic carbocycles. The number of fused-ring (bicyclic) bond motifs is 1. The molecule has 2 aromatic heterocycles. The van der Waals surface area contributed by atoms with Gasteiger partial charge < -0.3 is 9.26 Å². The van der Waals surface area contributed by atoms with Gasteiger partial charge in [-0.1, -0.05) is 17.3 Å². The predicted octanol–water partition coefficient (Wildman–Crippen LogP) is 5.72. The predicted molar refractivity (Wildman–Crippen MR) is 128 cm³/mol. The van der Waals surface area contributed by atoms with Gasteiger partial charge in [-0.05, 0) is 87.4 Å². The Kier molecular flexibility index (Phi) is 6.40. The molecule has 4 heterocycles. The second kappa shape index (κ2) is 9.58. The first-order chi connectivity index (χ1) is 15.7. The molecule has 0 atom stereocenters. The van der Waals surface area contributed by atoms with Crippen molar-refractivity contribution in [3.05, 3.63) is 56.9 Å². The minimum Gasteiger partial charge on any atom is -0.377 e. The average Bonchev–Trinajstić information content (AvgIpc) is 3.47. The molecule has 6 heteroatoms. The van der Waals surface area contributed by atoms with Crippen molar-refractivity contribution in [1.82, 2.24) is 10.1 Å². The fraction of sp³-hybridized carbons (Fsp3) is 0.462. The van der Waals surface area contributed by atoms with Crippen LogP contribution in [0.4, 0.5) is 0 Å². The molecule has 5 rings (SSSR count). The van der Waals surface area contributed by atoms with Crippen LogP contribution in [0.15, 0.2) is 34.9 Å². The second-order valence-electron chi connectivity index (χ2n) is 8.93. The molecule has 1 aromatic carbocycles. The molecule has 32 heavy (non-hydrogen) atoms. The maximum absolute atomic E-state index is 9.01. The number of benzene rings is 1. The van der Waals surface area contributed by atoms with Crippen LogP contribution in [-0.2, 0) is 17.7 Å². The van der Waals surface area contributed by atoms with Gasteiger partial charge in [-0.2, -0.15) is 5.26 Å². The number of nitrogens with zero attached hydrogens (tertiary/aromatic N) is 3. The largest absolute Gasteiger partial charge is 0.377 e. The van der Waals surface area contributed by atoms with Crippen LogP contribution in [0.2, 0.25) is 0 Å². The number of aryl methyl sites for hydroxylation is 2. The van der Waals surface area contributed by atoms with E-state index in [4.69, 9.17) is 14.5 Å². The van der Waals surface area contributed by atoms with E-state index in [9.17, 15) is 0 Å². The Balaban J connectivity index is 1.17. The number of rotatable bonds is 6. The van der Waals surface area contributed by atoms with E-state index in [1.165, 1.54) is 39.8 Å². The Hall–Kier alpha value is -2.46. The van der Waals surface area contributed by atoms with Crippen molar-refractivity contribution >= 4 is 27.9 Å². The third-order valence-electron chi connectivity index (χ3n) is 6.92. The lowest BCUT2D eigenvalue weighted by Crippen LogP contribution is -2.33. The Morgan fingerprint density at radius 3 is 2.84 bits per heavy atom.